The van der Waals surface area contributed by atoms with Gasteiger partial charge in [0, 0.05) is 19.1 Å². The molecule has 1 saturated carbocycles. The number of nitrogens with one attached hydrogen (secondary N) is 1. The van der Waals surface area contributed by atoms with E-state index in [1.54, 1.807) is 18.2 Å². The Morgan fingerprint density at radius 3 is 2.23 bits per heavy atom. The molecule has 0 unspecified atom stereocenters. The Balaban J connectivity index is 2.04. The van der Waals surface area contributed by atoms with Crippen LogP contribution in [0.1, 0.15) is 42.5 Å². The summed E-state index contributed by atoms with van der Waals surface area (Å²) in [5.41, 5.74) is 0.307. The summed E-state index contributed by atoms with van der Waals surface area (Å²) in [5, 5.41) is 2.79. The van der Waals surface area contributed by atoms with Gasteiger partial charge in [-0.2, -0.15) is 4.31 Å². The molecule has 1 aromatic rings. The number of carbonyl (C=O) groups is 1. The van der Waals surface area contributed by atoms with Crippen LogP contribution in [0.5, 0.6) is 11.5 Å². The number of hydrogen-bond acceptors (Lipinski definition) is 5. The average Bonchev–Trinajstić information content (AvgIpc) is 2.63. The molecule has 0 saturated heterocycles. The highest BCUT2D eigenvalue weighted by Crippen LogP contribution is 2.28. The van der Waals surface area contributed by atoms with E-state index in [9.17, 15) is 13.2 Å². The molecular weight excluding hydrogens is 356 g/mol. The summed E-state index contributed by atoms with van der Waals surface area (Å²) < 4.78 is 36.3. The molecule has 8 heteroatoms. The fourth-order valence-electron chi connectivity index (χ4n) is 3.43. The third-order valence-electron chi connectivity index (χ3n) is 4.68. The van der Waals surface area contributed by atoms with E-state index < -0.39 is 10.0 Å². The van der Waals surface area contributed by atoms with Gasteiger partial charge in [-0.1, -0.05) is 25.3 Å². The van der Waals surface area contributed by atoms with Crippen LogP contribution >= 0.6 is 0 Å². The van der Waals surface area contributed by atoms with Crippen molar-refractivity contribution in [1.29, 1.82) is 0 Å². The smallest absolute Gasteiger partial charge is 0.258 e. The second-order valence-corrected chi connectivity index (χ2v) is 8.39. The largest absolute Gasteiger partial charge is 0.496 e. The van der Waals surface area contributed by atoms with E-state index in [0.29, 0.717) is 17.1 Å². The lowest BCUT2D eigenvalue weighted by Crippen LogP contribution is -2.45. The van der Waals surface area contributed by atoms with E-state index in [0.717, 1.165) is 32.1 Å². The minimum atomic E-state index is -3.32. The SMILES string of the molecule is COc1cccc(OC)c1C(=O)NCCN(C1CCCCC1)S(C)(=O)=O. The van der Waals surface area contributed by atoms with Crippen LogP contribution in [0.2, 0.25) is 0 Å². The van der Waals surface area contributed by atoms with E-state index >= 15 is 0 Å². The highest BCUT2D eigenvalue weighted by molar-refractivity contribution is 7.88. The molecule has 1 N–H and O–H groups in total. The van der Waals surface area contributed by atoms with Crippen molar-refractivity contribution >= 4 is 15.9 Å². The van der Waals surface area contributed by atoms with Crippen LogP contribution in [0.15, 0.2) is 18.2 Å². The lowest BCUT2D eigenvalue weighted by atomic mass is 9.95. The van der Waals surface area contributed by atoms with Gasteiger partial charge in [0.05, 0.1) is 20.5 Å². The van der Waals surface area contributed by atoms with Gasteiger partial charge in [-0.25, -0.2) is 8.42 Å². The summed E-state index contributed by atoms with van der Waals surface area (Å²) >= 11 is 0. The van der Waals surface area contributed by atoms with Crippen molar-refractivity contribution in [2.24, 2.45) is 0 Å². The normalized spacial score (nSPS) is 15.7. The molecule has 7 nitrogen and oxygen atoms in total. The molecule has 0 radical (unpaired) electrons. The molecule has 1 fully saturated rings. The standard InChI is InChI=1S/C18H28N2O5S/c1-24-15-10-7-11-16(25-2)17(15)18(21)19-12-13-20(26(3,22)23)14-8-5-4-6-9-14/h7,10-11,14H,4-6,8-9,12-13H2,1-3H3,(H,19,21). The molecule has 1 amide bonds. The van der Waals surface area contributed by atoms with E-state index in [1.165, 1.54) is 24.8 Å². The van der Waals surface area contributed by atoms with Crippen LogP contribution in [-0.2, 0) is 10.0 Å². The van der Waals surface area contributed by atoms with Gasteiger partial charge in [-0.15, -0.1) is 0 Å². The first-order chi connectivity index (χ1) is 12.4. The van der Waals surface area contributed by atoms with Crippen molar-refractivity contribution in [3.63, 3.8) is 0 Å². The van der Waals surface area contributed by atoms with Gasteiger partial charge in [-0.05, 0) is 25.0 Å². The highest BCUT2D eigenvalue weighted by Gasteiger charge is 2.28. The van der Waals surface area contributed by atoms with E-state index in [4.69, 9.17) is 9.47 Å². The molecule has 0 aliphatic heterocycles. The molecule has 1 aromatic carbocycles. The summed E-state index contributed by atoms with van der Waals surface area (Å²) in [5.74, 6) is 0.472. The fraction of sp³-hybridized carbons (Fsp3) is 0.611. The minimum absolute atomic E-state index is 0.0245. The molecule has 0 atom stereocenters. The summed E-state index contributed by atoms with van der Waals surface area (Å²) in [6.07, 6.45) is 6.22. The molecule has 0 heterocycles. The van der Waals surface area contributed by atoms with E-state index in [2.05, 4.69) is 5.32 Å². The monoisotopic (exact) mass is 384 g/mol. The Bertz CT molecular complexity index is 692. The van der Waals surface area contributed by atoms with Crippen LogP contribution in [0.3, 0.4) is 0 Å². The Morgan fingerprint density at radius 1 is 1.15 bits per heavy atom. The van der Waals surface area contributed by atoms with Gasteiger partial charge in [0.25, 0.3) is 5.91 Å². The quantitative estimate of drug-likeness (QED) is 0.741. The number of benzene rings is 1. The second kappa shape index (κ2) is 9.23. The van der Waals surface area contributed by atoms with Crippen LogP contribution in [-0.4, -0.2) is 58.2 Å². The minimum Gasteiger partial charge on any atom is -0.496 e. The number of methoxy groups -OCH3 is 2. The predicted molar refractivity (Wildman–Crippen MR) is 100 cm³/mol. The zero-order valence-electron chi connectivity index (χ0n) is 15.7. The van der Waals surface area contributed by atoms with Gasteiger partial charge >= 0.3 is 0 Å². The lowest BCUT2D eigenvalue weighted by Gasteiger charge is -2.32. The van der Waals surface area contributed by atoms with Gasteiger partial charge < -0.3 is 14.8 Å². The molecule has 0 aromatic heterocycles. The average molecular weight is 384 g/mol. The predicted octanol–water partition coefficient (Wildman–Crippen LogP) is 2.03. The van der Waals surface area contributed by atoms with E-state index in [1.807, 2.05) is 0 Å². The maximum Gasteiger partial charge on any atom is 0.258 e. The summed E-state index contributed by atoms with van der Waals surface area (Å²) in [4.78, 5) is 12.6. The number of rotatable bonds is 8. The van der Waals surface area contributed by atoms with Gasteiger partial charge in [-0.3, -0.25) is 4.79 Å². The molecule has 1 aliphatic carbocycles. The second-order valence-electron chi connectivity index (χ2n) is 6.46. The van der Waals surface area contributed by atoms with Crippen molar-refractivity contribution in [3.05, 3.63) is 23.8 Å². The molecular formula is C18H28N2O5S. The first kappa shape index (κ1) is 20.5. The van der Waals surface area contributed by atoms with Crippen LogP contribution in [0.25, 0.3) is 0 Å². The number of sulfonamides is 1. The number of hydrogen-bond donors (Lipinski definition) is 1. The lowest BCUT2D eigenvalue weighted by molar-refractivity contribution is 0.0943. The summed E-state index contributed by atoms with van der Waals surface area (Å²) in [6, 6.07) is 5.13. The van der Waals surface area contributed by atoms with Crippen molar-refractivity contribution in [3.8, 4) is 11.5 Å². The number of ether oxygens (including phenoxy) is 2. The fourth-order valence-corrected chi connectivity index (χ4v) is 4.61. The molecule has 0 bridgehead atoms. The number of carbonyl (C=O) groups excluding carboxylic acids is 1. The molecule has 146 valence electrons. The molecule has 1 aliphatic rings. The van der Waals surface area contributed by atoms with Crippen molar-refractivity contribution in [1.82, 2.24) is 9.62 Å². The third kappa shape index (κ3) is 5.11. The molecule has 0 spiro atoms. The van der Waals surface area contributed by atoms with Crippen molar-refractivity contribution in [2.75, 3.05) is 33.6 Å². The Hall–Kier alpha value is -1.80. The Labute approximate surface area is 155 Å². The first-order valence-electron chi connectivity index (χ1n) is 8.84. The van der Waals surface area contributed by atoms with Gasteiger partial charge in [0.2, 0.25) is 10.0 Å². The summed E-state index contributed by atoms with van der Waals surface area (Å²) in [7, 11) is -0.348. The van der Waals surface area contributed by atoms with Gasteiger partial charge in [0.1, 0.15) is 17.1 Å². The first-order valence-corrected chi connectivity index (χ1v) is 10.7. The topological polar surface area (TPSA) is 84.9 Å². The van der Waals surface area contributed by atoms with Crippen LogP contribution < -0.4 is 14.8 Å². The maximum absolute atomic E-state index is 12.6. The van der Waals surface area contributed by atoms with Crippen molar-refractivity contribution < 1.29 is 22.7 Å². The summed E-state index contributed by atoms with van der Waals surface area (Å²) in [6.45, 7) is 0.482. The van der Waals surface area contributed by atoms with E-state index in [-0.39, 0.29) is 25.0 Å². The van der Waals surface area contributed by atoms with Crippen LogP contribution in [0.4, 0.5) is 0 Å². The Morgan fingerprint density at radius 2 is 1.73 bits per heavy atom. The number of nitrogens with zero attached hydrogens (tertiary/aromatic N) is 1. The zero-order valence-corrected chi connectivity index (χ0v) is 16.5. The van der Waals surface area contributed by atoms with Crippen molar-refractivity contribution in [2.45, 2.75) is 38.1 Å². The Kier molecular flexibility index (Phi) is 7.28. The molecule has 26 heavy (non-hydrogen) atoms. The van der Waals surface area contributed by atoms with Gasteiger partial charge in [0.15, 0.2) is 0 Å². The molecule has 2 rings (SSSR count). The highest BCUT2D eigenvalue weighted by atomic mass is 32.2. The third-order valence-corrected chi connectivity index (χ3v) is 6.01. The number of amides is 1. The zero-order chi connectivity index (χ0) is 19.2. The van der Waals surface area contributed by atoms with Crippen LogP contribution in [0, 0.1) is 0 Å². The maximum atomic E-state index is 12.6.